The Hall–Kier alpha value is -3.78. The molecule has 0 aliphatic heterocycles. The zero-order chi connectivity index (χ0) is 17.2. The number of carbonyl (C=O) groups is 1. The number of aldehydes is 1. The number of hydrogen-bond acceptors (Lipinski definition) is 4. The number of benzene rings is 2. The molecule has 2 heterocycles. The van der Waals surface area contributed by atoms with Gasteiger partial charge in [-0.3, -0.25) is 14.2 Å². The minimum absolute atomic E-state index is 0.621. The predicted molar refractivity (Wildman–Crippen MR) is 94.0 cm³/mol. The Morgan fingerprint density at radius 3 is 2.32 bits per heavy atom. The highest BCUT2D eigenvalue weighted by Crippen LogP contribution is 2.24. The van der Waals surface area contributed by atoms with E-state index in [1.54, 1.807) is 36.7 Å². The molecule has 2 aromatic carbocycles. The molecule has 0 aliphatic carbocycles. The van der Waals surface area contributed by atoms with Crippen LogP contribution in [0.2, 0.25) is 0 Å². The lowest BCUT2D eigenvalue weighted by Gasteiger charge is -2.05. The van der Waals surface area contributed by atoms with Gasteiger partial charge < -0.3 is 0 Å². The molecule has 0 radical (unpaired) electrons. The lowest BCUT2D eigenvalue weighted by Crippen LogP contribution is -1.93. The minimum Gasteiger partial charge on any atom is -0.298 e. The first-order valence-electron chi connectivity index (χ1n) is 7.68. The maximum Gasteiger partial charge on any atom is 0.155 e. The van der Waals surface area contributed by atoms with Gasteiger partial charge in [-0.15, -0.1) is 0 Å². The maximum atomic E-state index is 10.8. The molecule has 0 amide bonds. The summed E-state index contributed by atoms with van der Waals surface area (Å²) in [6, 6.07) is 16.8. The quantitative estimate of drug-likeness (QED) is 0.538. The second kappa shape index (κ2) is 6.02. The number of fused-ring (bicyclic) bond motifs is 1. The van der Waals surface area contributed by atoms with Gasteiger partial charge in [0.05, 0.1) is 35.4 Å². The molecule has 0 spiro atoms. The van der Waals surface area contributed by atoms with Gasteiger partial charge in [0.25, 0.3) is 0 Å². The van der Waals surface area contributed by atoms with Gasteiger partial charge in [0.2, 0.25) is 0 Å². The molecule has 4 aromatic rings. The average Bonchev–Trinajstić information content (AvgIpc) is 3.11. The summed E-state index contributed by atoms with van der Waals surface area (Å²) in [6.07, 6.45) is 6.25. The number of nitriles is 1. The van der Waals surface area contributed by atoms with Crippen molar-refractivity contribution in [2.75, 3.05) is 0 Å². The summed E-state index contributed by atoms with van der Waals surface area (Å²) in [6.45, 7) is 0. The van der Waals surface area contributed by atoms with E-state index in [0.717, 1.165) is 34.4 Å². The number of aromatic nitrogens is 3. The summed E-state index contributed by atoms with van der Waals surface area (Å²) in [4.78, 5) is 19.6. The van der Waals surface area contributed by atoms with E-state index in [2.05, 4.69) is 16.0 Å². The smallest absolute Gasteiger partial charge is 0.155 e. The summed E-state index contributed by atoms with van der Waals surface area (Å²) in [7, 11) is 0. The van der Waals surface area contributed by atoms with E-state index < -0.39 is 0 Å². The fraction of sp³-hybridized carbons (Fsp3) is 0. The number of nitrogens with zero attached hydrogens (tertiary/aromatic N) is 4. The van der Waals surface area contributed by atoms with Crippen LogP contribution >= 0.6 is 0 Å². The molecule has 118 valence electrons. The molecule has 25 heavy (non-hydrogen) atoms. The summed E-state index contributed by atoms with van der Waals surface area (Å²) in [5.41, 5.74) is 5.60. The lowest BCUT2D eigenvalue weighted by molar-refractivity contribution is 0.112. The van der Waals surface area contributed by atoms with Gasteiger partial charge in [-0.2, -0.15) is 5.26 Å². The van der Waals surface area contributed by atoms with Crippen molar-refractivity contribution >= 4 is 11.9 Å². The molecule has 5 nitrogen and oxygen atoms in total. The average molecular weight is 324 g/mol. The van der Waals surface area contributed by atoms with Crippen LogP contribution in [0.15, 0.2) is 67.1 Å². The molecule has 4 rings (SSSR count). The zero-order valence-corrected chi connectivity index (χ0v) is 13.1. The first kappa shape index (κ1) is 14.8. The standard InChI is InChI=1S/C20H12N4O/c21-9-14-1-7-17(8-2-14)19-10-23-20-11-22-18(12-24(19)20)16-5-3-15(13-25)4-6-16/h1-8,10-13H. The minimum atomic E-state index is 0.621. The van der Waals surface area contributed by atoms with E-state index >= 15 is 0 Å². The molecule has 5 heteroatoms. The van der Waals surface area contributed by atoms with Gasteiger partial charge >= 0.3 is 0 Å². The summed E-state index contributed by atoms with van der Waals surface area (Å²) in [5.74, 6) is 0. The molecular formula is C20H12N4O. The van der Waals surface area contributed by atoms with Gasteiger partial charge in [-0.1, -0.05) is 36.4 Å². The molecule has 0 saturated heterocycles. The van der Waals surface area contributed by atoms with Crippen LogP contribution in [-0.4, -0.2) is 20.7 Å². The van der Waals surface area contributed by atoms with Crippen molar-refractivity contribution in [2.45, 2.75) is 0 Å². The van der Waals surface area contributed by atoms with Gasteiger partial charge in [-0.05, 0) is 12.1 Å². The molecule has 0 bridgehead atoms. The first-order chi connectivity index (χ1) is 12.3. The van der Waals surface area contributed by atoms with E-state index in [1.807, 2.05) is 34.9 Å². The van der Waals surface area contributed by atoms with Crippen LogP contribution in [0.5, 0.6) is 0 Å². The second-order valence-corrected chi connectivity index (χ2v) is 5.57. The number of hydrogen-bond donors (Lipinski definition) is 0. The molecule has 0 N–H and O–H groups in total. The Morgan fingerprint density at radius 2 is 1.64 bits per heavy atom. The Bertz CT molecular complexity index is 1100. The van der Waals surface area contributed by atoms with Crippen molar-refractivity contribution in [3.63, 3.8) is 0 Å². The number of rotatable bonds is 3. The SMILES string of the molecule is N#Cc1ccc(-c2cnc3cnc(-c4ccc(C=O)cc4)cn23)cc1. The first-order valence-corrected chi connectivity index (χ1v) is 7.68. The van der Waals surface area contributed by atoms with Crippen LogP contribution in [0.3, 0.4) is 0 Å². The molecule has 0 atom stereocenters. The molecule has 0 saturated carbocycles. The number of carbonyl (C=O) groups excluding carboxylic acids is 1. The Morgan fingerprint density at radius 1 is 0.920 bits per heavy atom. The maximum absolute atomic E-state index is 10.8. The van der Waals surface area contributed by atoms with Crippen molar-refractivity contribution < 1.29 is 4.79 Å². The fourth-order valence-corrected chi connectivity index (χ4v) is 2.70. The molecule has 0 unspecified atom stereocenters. The van der Waals surface area contributed by atoms with Crippen molar-refractivity contribution in [1.29, 1.82) is 5.26 Å². The summed E-state index contributed by atoms with van der Waals surface area (Å²) in [5, 5.41) is 8.93. The van der Waals surface area contributed by atoms with E-state index in [9.17, 15) is 4.79 Å². The third-order valence-corrected chi connectivity index (χ3v) is 4.05. The van der Waals surface area contributed by atoms with Gasteiger partial charge in [0, 0.05) is 22.9 Å². The van der Waals surface area contributed by atoms with Crippen LogP contribution in [0, 0.1) is 11.3 Å². The van der Waals surface area contributed by atoms with Crippen molar-refractivity contribution in [3.8, 4) is 28.6 Å². The highest BCUT2D eigenvalue weighted by atomic mass is 16.1. The largest absolute Gasteiger partial charge is 0.298 e. The van der Waals surface area contributed by atoms with Crippen LogP contribution in [0.25, 0.3) is 28.2 Å². The van der Waals surface area contributed by atoms with Crippen LogP contribution in [0.4, 0.5) is 0 Å². The van der Waals surface area contributed by atoms with Crippen LogP contribution in [-0.2, 0) is 0 Å². The fourth-order valence-electron chi connectivity index (χ4n) is 2.70. The normalized spacial score (nSPS) is 10.5. The second-order valence-electron chi connectivity index (χ2n) is 5.57. The van der Waals surface area contributed by atoms with Gasteiger partial charge in [0.15, 0.2) is 5.65 Å². The van der Waals surface area contributed by atoms with E-state index in [-0.39, 0.29) is 0 Å². The monoisotopic (exact) mass is 324 g/mol. The van der Waals surface area contributed by atoms with E-state index in [1.165, 1.54) is 0 Å². The highest BCUT2D eigenvalue weighted by molar-refractivity contribution is 5.76. The number of imidazole rings is 1. The van der Waals surface area contributed by atoms with Gasteiger partial charge in [-0.25, -0.2) is 4.98 Å². The lowest BCUT2D eigenvalue weighted by atomic mass is 10.1. The molecule has 2 aromatic heterocycles. The molecular weight excluding hydrogens is 312 g/mol. The van der Waals surface area contributed by atoms with E-state index in [4.69, 9.17) is 5.26 Å². The third-order valence-electron chi connectivity index (χ3n) is 4.05. The Balaban J connectivity index is 1.81. The zero-order valence-electron chi connectivity index (χ0n) is 13.1. The Kier molecular flexibility index (Phi) is 3.56. The summed E-state index contributed by atoms with van der Waals surface area (Å²) >= 11 is 0. The summed E-state index contributed by atoms with van der Waals surface area (Å²) < 4.78 is 1.97. The van der Waals surface area contributed by atoms with Crippen molar-refractivity contribution in [1.82, 2.24) is 14.4 Å². The van der Waals surface area contributed by atoms with Crippen LogP contribution < -0.4 is 0 Å². The Labute approximate surface area is 143 Å². The van der Waals surface area contributed by atoms with Crippen LogP contribution in [0.1, 0.15) is 15.9 Å². The predicted octanol–water partition coefficient (Wildman–Crippen LogP) is 3.75. The molecule has 0 fully saturated rings. The highest BCUT2D eigenvalue weighted by Gasteiger charge is 2.08. The van der Waals surface area contributed by atoms with Crippen molar-refractivity contribution in [2.24, 2.45) is 0 Å². The van der Waals surface area contributed by atoms with Gasteiger partial charge in [0.1, 0.15) is 6.29 Å². The van der Waals surface area contributed by atoms with Crippen molar-refractivity contribution in [3.05, 3.63) is 78.2 Å². The third kappa shape index (κ3) is 2.66. The van der Waals surface area contributed by atoms with E-state index in [0.29, 0.717) is 11.1 Å². The topological polar surface area (TPSA) is 71.0 Å². The molecule has 0 aliphatic rings.